The molecule has 0 saturated carbocycles. The Bertz CT molecular complexity index is 1410. The molecule has 4 rings (SSSR count). The molecule has 0 bridgehead atoms. The van der Waals surface area contributed by atoms with Crippen molar-refractivity contribution in [2.45, 2.75) is 24.9 Å². The lowest BCUT2D eigenvalue weighted by Crippen LogP contribution is -2.50. The van der Waals surface area contributed by atoms with Crippen molar-refractivity contribution in [3.05, 3.63) is 82.5 Å². The highest BCUT2D eigenvalue weighted by molar-refractivity contribution is 8.18. The number of nitrogens with two attached hydrogens (primary N) is 1. The Morgan fingerprint density at radius 3 is 2.56 bits per heavy atom. The van der Waals surface area contributed by atoms with Crippen LogP contribution in [0.2, 0.25) is 0 Å². The number of imidazole rings is 1. The topological polar surface area (TPSA) is 165 Å². The van der Waals surface area contributed by atoms with E-state index >= 15 is 0 Å². The van der Waals surface area contributed by atoms with Crippen LogP contribution < -0.4 is 21.1 Å². The molecule has 0 aliphatic carbocycles. The predicted molar refractivity (Wildman–Crippen MR) is 140 cm³/mol. The molecular formula is C26H24FN5O6S. The minimum Gasteiger partial charge on any atom is -0.467 e. The second-order valence-corrected chi connectivity index (χ2v) is 9.48. The summed E-state index contributed by atoms with van der Waals surface area (Å²) in [5, 5.41) is 4.31. The zero-order valence-electron chi connectivity index (χ0n) is 20.6. The van der Waals surface area contributed by atoms with Gasteiger partial charge < -0.3 is 25.5 Å². The number of methoxy groups -OCH3 is 1. The third-order valence-corrected chi connectivity index (χ3v) is 6.43. The number of carbonyl (C=O) groups excluding carboxylic acids is 4. The summed E-state index contributed by atoms with van der Waals surface area (Å²) in [6, 6.07) is 8.65. The number of rotatable bonds is 10. The molecular weight excluding hydrogens is 529 g/mol. The van der Waals surface area contributed by atoms with Gasteiger partial charge >= 0.3 is 5.97 Å². The normalized spacial score (nSPS) is 15.5. The summed E-state index contributed by atoms with van der Waals surface area (Å²) in [5.41, 5.74) is 7.68. The number of H-pyrrole nitrogens is 1. The van der Waals surface area contributed by atoms with Gasteiger partial charge in [0.1, 0.15) is 11.8 Å². The molecule has 2 atom stereocenters. The average molecular weight is 554 g/mol. The maximum Gasteiger partial charge on any atom is 0.328 e. The number of aromatic amines is 1. The van der Waals surface area contributed by atoms with E-state index in [1.807, 2.05) is 0 Å². The Balaban J connectivity index is 1.39. The Kier molecular flexibility index (Phi) is 8.74. The maximum atomic E-state index is 14.9. The third-order valence-electron chi connectivity index (χ3n) is 5.62. The second kappa shape index (κ2) is 12.4. The minimum atomic E-state index is -1.08. The molecule has 1 fully saturated rings. The van der Waals surface area contributed by atoms with Gasteiger partial charge in [-0.3, -0.25) is 19.7 Å². The number of amides is 3. The Labute approximate surface area is 226 Å². The van der Waals surface area contributed by atoms with Gasteiger partial charge in [-0.25, -0.2) is 14.2 Å². The van der Waals surface area contributed by atoms with Crippen molar-refractivity contribution in [3.63, 3.8) is 0 Å². The number of carbonyl (C=O) groups is 4. The summed E-state index contributed by atoms with van der Waals surface area (Å²) < 4.78 is 25.3. The summed E-state index contributed by atoms with van der Waals surface area (Å²) in [4.78, 5) is 54.8. The van der Waals surface area contributed by atoms with Crippen molar-refractivity contribution in [1.82, 2.24) is 20.6 Å². The number of benzene rings is 2. The zero-order chi connectivity index (χ0) is 27.9. The van der Waals surface area contributed by atoms with Crippen LogP contribution in [-0.4, -0.2) is 52.2 Å². The SMILES string of the molecule is COC(=O)C(Cc1ccc(Oc2ccc(/C=C3/SC(=O)NC3=O)cc2)c(F)c1)NC(=O)C(N)Cc1cnc[nH]1. The molecule has 2 aromatic carbocycles. The van der Waals surface area contributed by atoms with Crippen molar-refractivity contribution >= 4 is 40.9 Å². The molecule has 0 spiro atoms. The molecule has 3 aromatic rings. The summed E-state index contributed by atoms with van der Waals surface area (Å²) >= 11 is 0.810. The summed E-state index contributed by atoms with van der Waals surface area (Å²) in [7, 11) is 1.19. The number of nitrogens with zero attached hydrogens (tertiary/aromatic N) is 1. The van der Waals surface area contributed by atoms with Crippen LogP contribution in [0.1, 0.15) is 16.8 Å². The number of hydrogen-bond acceptors (Lipinski definition) is 9. The number of thioether (sulfide) groups is 1. The first kappa shape index (κ1) is 27.5. The molecule has 1 saturated heterocycles. The van der Waals surface area contributed by atoms with Gasteiger partial charge in [0.05, 0.1) is 24.4 Å². The van der Waals surface area contributed by atoms with Crippen LogP contribution in [0.5, 0.6) is 11.5 Å². The van der Waals surface area contributed by atoms with Gasteiger partial charge in [-0.05, 0) is 53.2 Å². The zero-order valence-corrected chi connectivity index (χ0v) is 21.4. The molecule has 3 amide bonds. The molecule has 1 aliphatic heterocycles. The number of halogens is 1. The molecule has 2 unspecified atom stereocenters. The Morgan fingerprint density at radius 1 is 1.18 bits per heavy atom. The number of esters is 1. The van der Waals surface area contributed by atoms with Crippen molar-refractivity contribution in [2.24, 2.45) is 5.73 Å². The highest BCUT2D eigenvalue weighted by Gasteiger charge is 2.26. The van der Waals surface area contributed by atoms with E-state index < -0.39 is 40.9 Å². The quantitative estimate of drug-likeness (QED) is 0.218. The molecule has 202 valence electrons. The largest absolute Gasteiger partial charge is 0.467 e. The fourth-order valence-corrected chi connectivity index (χ4v) is 4.34. The average Bonchev–Trinajstić information content (AvgIpc) is 3.54. The van der Waals surface area contributed by atoms with Crippen LogP contribution in [0.25, 0.3) is 6.08 Å². The third kappa shape index (κ3) is 7.30. The minimum absolute atomic E-state index is 0.0378. The van der Waals surface area contributed by atoms with Crippen LogP contribution in [0.3, 0.4) is 0 Å². The smallest absolute Gasteiger partial charge is 0.328 e. The molecule has 2 heterocycles. The van der Waals surface area contributed by atoms with Gasteiger partial charge in [-0.1, -0.05) is 18.2 Å². The van der Waals surface area contributed by atoms with Gasteiger partial charge in [0.15, 0.2) is 11.6 Å². The summed E-state index contributed by atoms with van der Waals surface area (Å²) in [5.74, 6) is -2.12. The lowest BCUT2D eigenvalue weighted by molar-refractivity contribution is -0.145. The van der Waals surface area contributed by atoms with Gasteiger partial charge in [0.25, 0.3) is 11.1 Å². The van der Waals surface area contributed by atoms with Gasteiger partial charge in [-0.2, -0.15) is 0 Å². The lowest BCUT2D eigenvalue weighted by Gasteiger charge is -2.19. The molecule has 1 aromatic heterocycles. The molecule has 0 radical (unpaired) electrons. The second-order valence-electron chi connectivity index (χ2n) is 8.46. The van der Waals surface area contributed by atoms with E-state index in [-0.39, 0.29) is 23.5 Å². The van der Waals surface area contributed by atoms with E-state index in [0.29, 0.717) is 22.6 Å². The van der Waals surface area contributed by atoms with E-state index in [0.717, 1.165) is 11.8 Å². The molecule has 5 N–H and O–H groups in total. The number of nitrogens with one attached hydrogen (secondary N) is 3. The fourth-order valence-electron chi connectivity index (χ4n) is 3.66. The van der Waals surface area contributed by atoms with E-state index in [2.05, 4.69) is 20.6 Å². The monoisotopic (exact) mass is 553 g/mol. The van der Waals surface area contributed by atoms with Crippen LogP contribution in [0.4, 0.5) is 9.18 Å². The highest BCUT2D eigenvalue weighted by atomic mass is 32.2. The lowest BCUT2D eigenvalue weighted by atomic mass is 10.0. The summed E-state index contributed by atoms with van der Waals surface area (Å²) in [6.45, 7) is 0. The van der Waals surface area contributed by atoms with Crippen LogP contribution in [0.15, 0.2) is 59.9 Å². The Hall–Kier alpha value is -4.49. The van der Waals surface area contributed by atoms with E-state index in [9.17, 15) is 23.6 Å². The predicted octanol–water partition coefficient (Wildman–Crippen LogP) is 2.44. The van der Waals surface area contributed by atoms with E-state index in [4.69, 9.17) is 15.2 Å². The Morgan fingerprint density at radius 2 is 1.95 bits per heavy atom. The summed E-state index contributed by atoms with van der Waals surface area (Å²) in [6.07, 6.45) is 4.72. The number of ether oxygens (including phenoxy) is 2. The van der Waals surface area contributed by atoms with Gasteiger partial charge in [-0.15, -0.1) is 0 Å². The first-order chi connectivity index (χ1) is 18.7. The first-order valence-corrected chi connectivity index (χ1v) is 12.5. The molecule has 1 aliphatic rings. The van der Waals surface area contributed by atoms with Crippen LogP contribution >= 0.6 is 11.8 Å². The first-order valence-electron chi connectivity index (χ1n) is 11.6. The van der Waals surface area contributed by atoms with Crippen LogP contribution in [-0.2, 0) is 32.0 Å². The van der Waals surface area contributed by atoms with Gasteiger partial charge in [0, 0.05) is 24.7 Å². The van der Waals surface area contributed by atoms with Crippen molar-refractivity contribution in [1.29, 1.82) is 0 Å². The van der Waals surface area contributed by atoms with E-state index in [1.54, 1.807) is 42.6 Å². The van der Waals surface area contributed by atoms with Gasteiger partial charge in [0.2, 0.25) is 5.91 Å². The van der Waals surface area contributed by atoms with Crippen LogP contribution in [0, 0.1) is 5.82 Å². The van der Waals surface area contributed by atoms with Crippen molar-refractivity contribution < 1.29 is 33.0 Å². The number of hydrogen-bond donors (Lipinski definition) is 4. The molecule has 39 heavy (non-hydrogen) atoms. The van der Waals surface area contributed by atoms with Crippen molar-refractivity contribution in [2.75, 3.05) is 7.11 Å². The number of aromatic nitrogens is 2. The standard InChI is InChI=1S/C26H24FN5O6S/c1-37-25(35)20(31-23(33)19(28)11-16-12-29-13-30-16)9-15-4-7-21(18(27)8-15)38-17-5-2-14(3-6-17)10-22-24(34)32-26(36)39-22/h2-8,10,12-13,19-20H,9,11,28H2,1H3,(H,29,30)(H,31,33)(H,32,34,36)/b22-10+. The fraction of sp³-hybridized carbons (Fsp3) is 0.192. The maximum absolute atomic E-state index is 14.9. The van der Waals surface area contributed by atoms with E-state index in [1.165, 1.54) is 25.6 Å². The molecule has 11 nitrogen and oxygen atoms in total. The highest BCUT2D eigenvalue weighted by Crippen LogP contribution is 2.28. The van der Waals surface area contributed by atoms with Crippen molar-refractivity contribution in [3.8, 4) is 11.5 Å². The number of imide groups is 1. The molecule has 13 heteroatoms.